The summed E-state index contributed by atoms with van der Waals surface area (Å²) in [5.41, 5.74) is 0.138. The van der Waals surface area contributed by atoms with E-state index in [0.717, 1.165) is 24.9 Å². The van der Waals surface area contributed by atoms with Crippen LogP contribution in [0.15, 0.2) is 29.1 Å². The number of para-hydroxylation sites is 2. The maximum Gasteiger partial charge on any atom is 0.360 e. The van der Waals surface area contributed by atoms with Crippen LogP contribution in [-0.4, -0.2) is 44.2 Å². The molecule has 1 N–H and O–H groups in total. The zero-order valence-electron chi connectivity index (χ0n) is 18.4. The van der Waals surface area contributed by atoms with Crippen LogP contribution >= 0.6 is 0 Å². The summed E-state index contributed by atoms with van der Waals surface area (Å²) in [6, 6.07) is 8.62. The largest absolute Gasteiger partial charge is 0.476 e. The summed E-state index contributed by atoms with van der Waals surface area (Å²) in [7, 11) is 0. The molecule has 5 rings (SSSR count). The Kier molecular flexibility index (Phi) is 5.37. The van der Waals surface area contributed by atoms with Crippen molar-refractivity contribution in [2.24, 2.45) is 5.92 Å². The first-order valence-corrected chi connectivity index (χ1v) is 12.0. The van der Waals surface area contributed by atoms with E-state index in [2.05, 4.69) is 16.8 Å². The Hall–Kier alpha value is -2.21. The number of likely N-dealkylation sites (tertiary alicyclic amines) is 1. The molecule has 6 heteroatoms. The summed E-state index contributed by atoms with van der Waals surface area (Å²) in [6.45, 7) is 3.25. The molecule has 3 aliphatic rings. The van der Waals surface area contributed by atoms with Crippen molar-refractivity contribution in [3.05, 3.63) is 40.3 Å². The van der Waals surface area contributed by atoms with Gasteiger partial charge < -0.3 is 5.11 Å². The Bertz CT molecular complexity index is 1040. The molecule has 0 amide bonds. The molecule has 0 bridgehead atoms. The van der Waals surface area contributed by atoms with Gasteiger partial charge in [-0.2, -0.15) is 0 Å². The van der Waals surface area contributed by atoms with Crippen molar-refractivity contribution in [2.45, 2.75) is 88.8 Å². The predicted octanol–water partition coefficient (Wildman–Crippen LogP) is 4.41. The van der Waals surface area contributed by atoms with Gasteiger partial charge in [-0.15, -0.1) is 0 Å². The van der Waals surface area contributed by atoms with E-state index >= 15 is 0 Å². The van der Waals surface area contributed by atoms with E-state index in [4.69, 9.17) is 0 Å². The van der Waals surface area contributed by atoms with Crippen molar-refractivity contribution in [2.75, 3.05) is 6.54 Å². The summed E-state index contributed by atoms with van der Waals surface area (Å²) in [5, 5.41) is 9.59. The zero-order valence-corrected chi connectivity index (χ0v) is 18.4. The molecule has 1 aromatic carbocycles. The topological polar surface area (TPSA) is 75.4 Å². The van der Waals surface area contributed by atoms with Gasteiger partial charge in [0.15, 0.2) is 0 Å². The lowest BCUT2D eigenvalue weighted by Crippen LogP contribution is -2.62. The molecule has 31 heavy (non-hydrogen) atoms. The van der Waals surface area contributed by atoms with Crippen molar-refractivity contribution in [3.63, 3.8) is 0 Å². The van der Waals surface area contributed by atoms with Gasteiger partial charge in [-0.25, -0.2) is 9.78 Å². The lowest BCUT2D eigenvalue weighted by Gasteiger charge is -2.54. The van der Waals surface area contributed by atoms with E-state index in [9.17, 15) is 14.7 Å². The number of carboxylic acids is 1. The average Bonchev–Trinajstić information content (AvgIpc) is 3.16. The molecule has 0 radical (unpaired) electrons. The molecule has 2 aromatic rings. The Morgan fingerprint density at radius 3 is 2.45 bits per heavy atom. The van der Waals surface area contributed by atoms with E-state index in [1.165, 1.54) is 51.4 Å². The van der Waals surface area contributed by atoms with E-state index in [0.29, 0.717) is 23.5 Å². The van der Waals surface area contributed by atoms with Gasteiger partial charge in [-0.05, 0) is 57.2 Å². The van der Waals surface area contributed by atoms with Crippen LogP contribution in [0.5, 0.6) is 0 Å². The fourth-order valence-electron chi connectivity index (χ4n) is 6.71. The van der Waals surface area contributed by atoms with Crippen LogP contribution in [0.3, 0.4) is 0 Å². The van der Waals surface area contributed by atoms with Crippen molar-refractivity contribution >= 4 is 17.0 Å². The number of hydrogen-bond acceptors (Lipinski definition) is 4. The minimum absolute atomic E-state index is 0.359. The van der Waals surface area contributed by atoms with Gasteiger partial charge in [-0.3, -0.25) is 14.3 Å². The number of carbonyl (C=O) groups is 1. The Morgan fingerprint density at radius 1 is 1.06 bits per heavy atom. The number of nitrogens with zero attached hydrogens (tertiary/aromatic N) is 3. The Balaban J connectivity index is 1.47. The number of carboxylic acid groups (broad SMARTS) is 1. The smallest absolute Gasteiger partial charge is 0.360 e. The molecular formula is C25H33N3O3. The van der Waals surface area contributed by atoms with Crippen molar-refractivity contribution in [1.82, 2.24) is 14.5 Å². The van der Waals surface area contributed by atoms with Gasteiger partial charge in [0.1, 0.15) is 0 Å². The highest BCUT2D eigenvalue weighted by atomic mass is 16.4. The lowest BCUT2D eigenvalue weighted by molar-refractivity contribution is -0.0200. The normalized spacial score (nSPS) is 30.2. The van der Waals surface area contributed by atoms with Crippen LogP contribution in [0.2, 0.25) is 0 Å². The summed E-state index contributed by atoms with van der Waals surface area (Å²) in [4.78, 5) is 31.9. The molecule has 2 heterocycles. The second-order valence-corrected chi connectivity index (χ2v) is 10.0. The fourth-order valence-corrected chi connectivity index (χ4v) is 6.71. The maximum absolute atomic E-state index is 13.3. The second kappa shape index (κ2) is 8.05. The van der Waals surface area contributed by atoms with Crippen molar-refractivity contribution < 1.29 is 9.90 Å². The SMILES string of the molecule is C[C@]1(n2c(=O)c(C(=O)O)nc3ccccc32)C[C@@H]2C1CCN2C1CCCCCCCC1. The van der Waals surface area contributed by atoms with Gasteiger partial charge in [0, 0.05) is 12.1 Å². The molecule has 1 aliphatic heterocycles. The highest BCUT2D eigenvalue weighted by molar-refractivity contribution is 5.88. The van der Waals surface area contributed by atoms with Gasteiger partial charge in [0.05, 0.1) is 16.6 Å². The average molecular weight is 424 g/mol. The lowest BCUT2D eigenvalue weighted by atomic mass is 9.63. The highest BCUT2D eigenvalue weighted by Gasteiger charge is 2.58. The number of benzene rings is 1. The number of aromatic nitrogens is 2. The third-order valence-electron chi connectivity index (χ3n) is 8.28. The van der Waals surface area contributed by atoms with Gasteiger partial charge in [-0.1, -0.05) is 50.7 Å². The molecule has 166 valence electrons. The Labute approximate surface area is 183 Å². The number of hydrogen-bond donors (Lipinski definition) is 1. The predicted molar refractivity (Wildman–Crippen MR) is 121 cm³/mol. The minimum Gasteiger partial charge on any atom is -0.476 e. The monoisotopic (exact) mass is 423 g/mol. The molecule has 1 saturated heterocycles. The summed E-state index contributed by atoms with van der Waals surface area (Å²) in [5.74, 6) is -0.868. The van der Waals surface area contributed by atoms with Gasteiger partial charge in [0.2, 0.25) is 5.69 Å². The van der Waals surface area contributed by atoms with E-state index in [-0.39, 0.29) is 11.2 Å². The van der Waals surface area contributed by atoms with Crippen molar-refractivity contribution in [3.8, 4) is 0 Å². The van der Waals surface area contributed by atoms with E-state index in [1.807, 2.05) is 18.2 Å². The van der Waals surface area contributed by atoms with Gasteiger partial charge in [0.25, 0.3) is 5.56 Å². The molecule has 0 spiro atoms. The molecule has 1 aromatic heterocycles. The quantitative estimate of drug-likeness (QED) is 0.792. The van der Waals surface area contributed by atoms with E-state index in [1.54, 1.807) is 10.6 Å². The molecule has 3 atom stereocenters. The minimum atomic E-state index is -1.25. The number of aromatic carboxylic acids is 1. The molecule has 2 saturated carbocycles. The highest BCUT2D eigenvalue weighted by Crippen LogP contribution is 2.54. The van der Waals surface area contributed by atoms with Crippen LogP contribution in [0.25, 0.3) is 11.0 Å². The second-order valence-electron chi connectivity index (χ2n) is 10.0. The molecule has 6 nitrogen and oxygen atoms in total. The van der Waals surface area contributed by atoms with Crippen LogP contribution in [0.1, 0.15) is 81.6 Å². The van der Waals surface area contributed by atoms with Gasteiger partial charge >= 0.3 is 5.97 Å². The van der Waals surface area contributed by atoms with Crippen LogP contribution in [0.4, 0.5) is 0 Å². The number of fused-ring (bicyclic) bond motifs is 2. The first-order valence-electron chi connectivity index (χ1n) is 12.0. The number of rotatable bonds is 3. The van der Waals surface area contributed by atoms with Crippen LogP contribution in [-0.2, 0) is 5.54 Å². The third-order valence-corrected chi connectivity index (χ3v) is 8.28. The van der Waals surface area contributed by atoms with Crippen molar-refractivity contribution in [1.29, 1.82) is 0 Å². The summed E-state index contributed by atoms with van der Waals surface area (Å²) >= 11 is 0. The fraction of sp³-hybridized carbons (Fsp3) is 0.640. The van der Waals surface area contributed by atoms with Crippen LogP contribution < -0.4 is 5.56 Å². The first kappa shape index (κ1) is 20.7. The first-order chi connectivity index (χ1) is 15.0. The molecule has 2 aliphatic carbocycles. The summed E-state index contributed by atoms with van der Waals surface area (Å²) in [6.07, 6.45) is 12.7. The maximum atomic E-state index is 13.3. The van der Waals surface area contributed by atoms with Crippen LogP contribution in [0, 0.1) is 5.92 Å². The Morgan fingerprint density at radius 2 is 1.74 bits per heavy atom. The third kappa shape index (κ3) is 3.39. The summed E-state index contributed by atoms with van der Waals surface area (Å²) < 4.78 is 1.77. The molecular weight excluding hydrogens is 390 g/mol. The zero-order chi connectivity index (χ0) is 21.6. The molecule has 1 unspecified atom stereocenters. The standard InChI is InChI=1S/C25H33N3O3/c1-25(28-20-13-9-8-12-19(20)26-22(23(28)29)24(30)31)16-21-18(25)14-15-27(21)17-10-6-4-2-3-5-7-11-17/h8-9,12-13,17-18,21H,2-7,10-11,14-16H2,1H3,(H,30,31)/t18?,21-,25+/m1/s1. The molecule has 3 fully saturated rings. The van der Waals surface area contributed by atoms with E-state index < -0.39 is 11.5 Å².